The smallest absolute Gasteiger partial charge is 0.243 e. The van der Waals surface area contributed by atoms with Gasteiger partial charge < -0.3 is 0 Å². The highest BCUT2D eigenvalue weighted by Crippen LogP contribution is 2.07. The second-order valence-electron chi connectivity index (χ2n) is 7.10. The van der Waals surface area contributed by atoms with Crippen LogP contribution in [0.3, 0.4) is 0 Å². The Morgan fingerprint density at radius 2 is 1.35 bits per heavy atom. The third kappa shape index (κ3) is 5.85. The summed E-state index contributed by atoms with van der Waals surface area (Å²) in [6, 6.07) is 10.8. The summed E-state index contributed by atoms with van der Waals surface area (Å²) in [4.78, 5) is 2.59. The van der Waals surface area contributed by atoms with Crippen LogP contribution in [0.25, 0.3) is 0 Å². The highest BCUT2D eigenvalue weighted by atomic mass is 15.1. The second kappa shape index (κ2) is 9.34. The maximum atomic E-state index is 2.59. The van der Waals surface area contributed by atoms with Crippen LogP contribution >= 0.6 is 0 Å². The van der Waals surface area contributed by atoms with Gasteiger partial charge in [-0.1, -0.05) is 30.3 Å². The van der Waals surface area contributed by atoms with Crippen molar-refractivity contribution in [3.63, 3.8) is 0 Å². The Morgan fingerprint density at radius 3 is 1.81 bits per heavy atom. The van der Waals surface area contributed by atoms with Crippen molar-refractivity contribution in [1.82, 2.24) is 14.0 Å². The van der Waals surface area contributed by atoms with E-state index in [2.05, 4.69) is 105 Å². The molecule has 1 aromatic carbocycles. The van der Waals surface area contributed by atoms with Crippen molar-refractivity contribution in [2.75, 3.05) is 13.1 Å². The maximum Gasteiger partial charge on any atom is 0.243 e. The zero-order valence-corrected chi connectivity index (χ0v) is 16.0. The molecule has 0 amide bonds. The molecule has 0 atom stereocenters. The van der Waals surface area contributed by atoms with E-state index in [9.17, 15) is 0 Å². The van der Waals surface area contributed by atoms with E-state index in [1.807, 2.05) is 0 Å². The average molecular weight is 354 g/mol. The summed E-state index contributed by atoms with van der Waals surface area (Å²) < 4.78 is 8.72. The van der Waals surface area contributed by atoms with Crippen LogP contribution in [0.1, 0.15) is 18.4 Å². The van der Waals surface area contributed by atoms with Crippen LogP contribution in [0, 0.1) is 0 Å². The molecule has 0 aliphatic carbocycles. The summed E-state index contributed by atoms with van der Waals surface area (Å²) in [7, 11) is 4.14. The summed E-state index contributed by atoms with van der Waals surface area (Å²) in [5.74, 6) is 0. The fourth-order valence-electron chi connectivity index (χ4n) is 3.33. The topological polar surface area (TPSA) is 20.9 Å². The quantitative estimate of drug-likeness (QED) is 0.510. The summed E-state index contributed by atoms with van der Waals surface area (Å²) in [5, 5.41) is 0. The second-order valence-corrected chi connectivity index (χ2v) is 7.10. The van der Waals surface area contributed by atoms with E-state index >= 15 is 0 Å². The molecule has 0 bridgehead atoms. The van der Waals surface area contributed by atoms with Gasteiger partial charge >= 0.3 is 0 Å². The van der Waals surface area contributed by atoms with E-state index in [4.69, 9.17) is 0 Å². The Hall–Kier alpha value is -2.40. The lowest BCUT2D eigenvalue weighted by Gasteiger charge is -2.21. The van der Waals surface area contributed by atoms with Gasteiger partial charge in [0.15, 0.2) is 0 Å². The first-order chi connectivity index (χ1) is 12.7. The van der Waals surface area contributed by atoms with Crippen molar-refractivity contribution in [2.24, 2.45) is 14.1 Å². The number of hydrogen-bond donors (Lipinski definition) is 0. The molecule has 0 fully saturated rings. The van der Waals surface area contributed by atoms with Crippen LogP contribution < -0.4 is 9.13 Å². The number of rotatable bonds is 10. The number of benzene rings is 1. The zero-order chi connectivity index (χ0) is 18.2. The Labute approximate surface area is 156 Å². The minimum absolute atomic E-state index is 1.03. The van der Waals surface area contributed by atoms with Gasteiger partial charge in [0, 0.05) is 19.6 Å². The molecule has 0 N–H and O–H groups in total. The fraction of sp³-hybridized carbons (Fsp3) is 0.429. The number of aromatic nitrogens is 4. The lowest BCUT2D eigenvalue weighted by atomic mass is 10.2. The predicted molar refractivity (Wildman–Crippen MR) is 102 cm³/mol. The van der Waals surface area contributed by atoms with Gasteiger partial charge in [-0.15, -0.1) is 0 Å². The molecule has 0 aliphatic rings. The normalized spacial score (nSPS) is 11.3. The monoisotopic (exact) mass is 353 g/mol. The Balaban J connectivity index is 1.50. The molecule has 5 nitrogen and oxygen atoms in total. The summed E-state index contributed by atoms with van der Waals surface area (Å²) >= 11 is 0. The third-order valence-corrected chi connectivity index (χ3v) is 4.68. The number of imidazole rings is 2. The van der Waals surface area contributed by atoms with Gasteiger partial charge in [0.1, 0.15) is 24.8 Å². The molecule has 0 radical (unpaired) electrons. The molecular formula is C21H31N5+2. The van der Waals surface area contributed by atoms with E-state index in [-0.39, 0.29) is 0 Å². The molecule has 3 aromatic rings. The molecule has 0 saturated heterocycles. The van der Waals surface area contributed by atoms with E-state index in [1.165, 1.54) is 18.4 Å². The van der Waals surface area contributed by atoms with Gasteiger partial charge in [0.25, 0.3) is 0 Å². The Bertz CT molecular complexity index is 728. The molecule has 0 spiro atoms. The minimum Gasteiger partial charge on any atom is -0.299 e. The molecule has 0 saturated carbocycles. The van der Waals surface area contributed by atoms with Gasteiger partial charge in [-0.3, -0.25) is 4.90 Å². The first-order valence-electron chi connectivity index (χ1n) is 9.47. The van der Waals surface area contributed by atoms with Crippen molar-refractivity contribution in [3.05, 3.63) is 73.3 Å². The Morgan fingerprint density at radius 1 is 0.808 bits per heavy atom. The number of nitrogens with zero attached hydrogens (tertiary/aromatic N) is 5. The fourth-order valence-corrected chi connectivity index (χ4v) is 3.33. The summed E-state index contributed by atoms with van der Waals surface area (Å²) in [6.45, 7) is 5.41. The van der Waals surface area contributed by atoms with Crippen LogP contribution in [0.2, 0.25) is 0 Å². The van der Waals surface area contributed by atoms with Gasteiger partial charge in [0.2, 0.25) is 12.7 Å². The van der Waals surface area contributed by atoms with Gasteiger partial charge in [-0.05, 0) is 18.4 Å². The molecule has 0 unspecified atom stereocenters. The van der Waals surface area contributed by atoms with Gasteiger partial charge in [-0.2, -0.15) is 0 Å². The average Bonchev–Trinajstić information content (AvgIpc) is 3.24. The Kier molecular flexibility index (Phi) is 6.61. The van der Waals surface area contributed by atoms with Crippen molar-refractivity contribution >= 4 is 0 Å². The van der Waals surface area contributed by atoms with Crippen molar-refractivity contribution < 1.29 is 9.13 Å². The van der Waals surface area contributed by atoms with Crippen LogP contribution in [0.4, 0.5) is 0 Å². The van der Waals surface area contributed by atoms with E-state index in [1.54, 1.807) is 0 Å². The minimum atomic E-state index is 1.03. The lowest BCUT2D eigenvalue weighted by molar-refractivity contribution is -0.671. The van der Waals surface area contributed by atoms with E-state index in [0.717, 1.165) is 32.7 Å². The molecule has 0 aliphatic heterocycles. The first kappa shape index (κ1) is 18.4. The summed E-state index contributed by atoms with van der Waals surface area (Å²) in [6.07, 6.45) is 15.1. The van der Waals surface area contributed by atoms with Crippen molar-refractivity contribution in [3.8, 4) is 0 Å². The third-order valence-electron chi connectivity index (χ3n) is 4.68. The zero-order valence-electron chi connectivity index (χ0n) is 16.0. The van der Waals surface area contributed by atoms with Crippen LogP contribution in [-0.2, 0) is 33.7 Å². The van der Waals surface area contributed by atoms with E-state index in [0.29, 0.717) is 0 Å². The van der Waals surface area contributed by atoms with Crippen molar-refractivity contribution in [2.45, 2.75) is 32.5 Å². The van der Waals surface area contributed by atoms with Gasteiger partial charge in [-0.25, -0.2) is 18.3 Å². The van der Waals surface area contributed by atoms with Crippen LogP contribution in [0.15, 0.2) is 67.8 Å². The predicted octanol–water partition coefficient (Wildman–Crippen LogP) is 1.92. The number of hydrogen-bond acceptors (Lipinski definition) is 1. The van der Waals surface area contributed by atoms with Crippen LogP contribution in [-0.4, -0.2) is 27.1 Å². The van der Waals surface area contributed by atoms with E-state index < -0.39 is 0 Å². The molecule has 2 heterocycles. The van der Waals surface area contributed by atoms with Gasteiger partial charge in [0.05, 0.1) is 27.2 Å². The molecule has 138 valence electrons. The summed E-state index contributed by atoms with van der Waals surface area (Å²) in [5.41, 5.74) is 1.40. The SMILES string of the molecule is C[n+]1ccn(CCCN(CCCn2cc[n+](C)c2)Cc2ccccc2)c1. The largest absolute Gasteiger partial charge is 0.299 e. The molecule has 5 heteroatoms. The molecule has 3 rings (SSSR count). The highest BCUT2D eigenvalue weighted by molar-refractivity contribution is 5.14. The molecule has 2 aromatic heterocycles. The highest BCUT2D eigenvalue weighted by Gasteiger charge is 2.09. The first-order valence-corrected chi connectivity index (χ1v) is 9.47. The maximum absolute atomic E-state index is 2.59. The molecular weight excluding hydrogens is 322 g/mol. The number of aryl methyl sites for hydroxylation is 4. The standard InChI is InChI=1S/C21H31N5/c1-22-14-16-25(19-22)12-6-10-24(18-21-8-4-3-5-9-21)11-7-13-26-17-15-23(2)20-26/h3-5,8-9,14-17,19-20H,6-7,10-13,18H2,1-2H3/q+2. The van der Waals surface area contributed by atoms with Crippen LogP contribution in [0.5, 0.6) is 0 Å². The lowest BCUT2D eigenvalue weighted by Crippen LogP contribution is -2.28. The molecule has 26 heavy (non-hydrogen) atoms. The van der Waals surface area contributed by atoms with Crippen molar-refractivity contribution in [1.29, 1.82) is 0 Å².